The molecule has 15 heavy (non-hydrogen) atoms. The van der Waals surface area contributed by atoms with E-state index in [0.29, 0.717) is 22.9 Å². The summed E-state index contributed by atoms with van der Waals surface area (Å²) in [6.45, 7) is 4.02. The fourth-order valence-corrected chi connectivity index (χ4v) is 2.75. The van der Waals surface area contributed by atoms with Crippen LogP contribution >= 0.6 is 0 Å². The normalized spacial score (nSPS) is 11.9. The van der Waals surface area contributed by atoms with Crippen LogP contribution < -0.4 is 5.73 Å². The Bertz CT molecular complexity index is 407. The van der Waals surface area contributed by atoms with E-state index >= 15 is 0 Å². The molecule has 0 heterocycles. The Morgan fingerprint density at radius 2 is 1.73 bits per heavy atom. The third-order valence-electron chi connectivity index (χ3n) is 2.20. The second-order valence-electron chi connectivity index (χ2n) is 4.07. The summed E-state index contributed by atoms with van der Waals surface area (Å²) in [7, 11) is -3.13. The number of rotatable bonds is 4. The van der Waals surface area contributed by atoms with Crippen LogP contribution in [-0.2, 0) is 9.84 Å². The van der Waals surface area contributed by atoms with Gasteiger partial charge in [-0.15, -0.1) is 0 Å². The van der Waals surface area contributed by atoms with E-state index in [4.69, 9.17) is 5.73 Å². The van der Waals surface area contributed by atoms with Crippen molar-refractivity contribution in [1.82, 2.24) is 0 Å². The molecule has 0 amide bonds. The lowest BCUT2D eigenvalue weighted by atomic mass is 10.2. The minimum absolute atomic E-state index is 0.203. The quantitative estimate of drug-likeness (QED) is 0.801. The molecule has 0 atom stereocenters. The van der Waals surface area contributed by atoms with Crippen molar-refractivity contribution in [2.75, 3.05) is 11.5 Å². The van der Waals surface area contributed by atoms with Gasteiger partial charge in [-0.25, -0.2) is 8.42 Å². The van der Waals surface area contributed by atoms with Crippen molar-refractivity contribution < 1.29 is 8.42 Å². The van der Waals surface area contributed by atoms with E-state index in [1.165, 1.54) is 0 Å². The molecule has 1 rings (SSSR count). The van der Waals surface area contributed by atoms with E-state index in [0.717, 1.165) is 0 Å². The van der Waals surface area contributed by atoms with Crippen LogP contribution in [-0.4, -0.2) is 14.2 Å². The van der Waals surface area contributed by atoms with Gasteiger partial charge in [0.2, 0.25) is 0 Å². The van der Waals surface area contributed by atoms with Crippen LogP contribution in [0.2, 0.25) is 0 Å². The molecule has 3 nitrogen and oxygen atoms in total. The van der Waals surface area contributed by atoms with Gasteiger partial charge in [0, 0.05) is 5.69 Å². The van der Waals surface area contributed by atoms with E-state index in [1.54, 1.807) is 24.3 Å². The van der Waals surface area contributed by atoms with Gasteiger partial charge < -0.3 is 5.73 Å². The van der Waals surface area contributed by atoms with Crippen molar-refractivity contribution in [3.63, 3.8) is 0 Å². The third kappa shape index (κ3) is 3.55. The lowest BCUT2D eigenvalue weighted by Crippen LogP contribution is -2.09. The van der Waals surface area contributed by atoms with Crippen LogP contribution in [0.4, 0.5) is 5.69 Å². The Kier molecular flexibility index (Phi) is 3.74. The summed E-state index contributed by atoms with van der Waals surface area (Å²) < 4.78 is 23.6. The summed E-state index contributed by atoms with van der Waals surface area (Å²) in [5.74, 6) is 0.600. The Morgan fingerprint density at radius 3 is 2.20 bits per heavy atom. The second kappa shape index (κ2) is 4.66. The smallest absolute Gasteiger partial charge is 0.178 e. The number of nitrogens with two attached hydrogens (primary N) is 1. The lowest BCUT2D eigenvalue weighted by Gasteiger charge is -2.06. The van der Waals surface area contributed by atoms with Gasteiger partial charge >= 0.3 is 0 Å². The summed E-state index contributed by atoms with van der Waals surface area (Å²) in [5, 5.41) is 0. The zero-order valence-corrected chi connectivity index (χ0v) is 9.92. The van der Waals surface area contributed by atoms with Crippen molar-refractivity contribution in [2.45, 2.75) is 25.2 Å². The van der Waals surface area contributed by atoms with E-state index in [-0.39, 0.29) is 5.75 Å². The molecule has 84 valence electrons. The van der Waals surface area contributed by atoms with Crippen molar-refractivity contribution in [3.8, 4) is 0 Å². The highest BCUT2D eigenvalue weighted by Gasteiger charge is 2.14. The van der Waals surface area contributed by atoms with Crippen molar-refractivity contribution in [3.05, 3.63) is 24.3 Å². The van der Waals surface area contributed by atoms with E-state index in [9.17, 15) is 8.42 Å². The molecule has 0 radical (unpaired) electrons. The Morgan fingerprint density at radius 1 is 1.20 bits per heavy atom. The van der Waals surface area contributed by atoms with Gasteiger partial charge in [0.05, 0.1) is 10.6 Å². The van der Waals surface area contributed by atoms with Gasteiger partial charge in [-0.2, -0.15) is 0 Å². The zero-order chi connectivity index (χ0) is 11.5. The number of benzene rings is 1. The highest BCUT2D eigenvalue weighted by atomic mass is 32.2. The molecule has 0 bridgehead atoms. The number of sulfone groups is 1. The molecule has 0 spiro atoms. The lowest BCUT2D eigenvalue weighted by molar-refractivity contribution is 0.574. The maximum atomic E-state index is 11.8. The van der Waals surface area contributed by atoms with Gasteiger partial charge in [0.1, 0.15) is 0 Å². The van der Waals surface area contributed by atoms with Crippen LogP contribution in [0.3, 0.4) is 0 Å². The summed E-state index contributed by atoms with van der Waals surface area (Å²) >= 11 is 0. The highest BCUT2D eigenvalue weighted by Crippen LogP contribution is 2.15. The number of nitrogen functional groups attached to an aromatic ring is 1. The minimum Gasteiger partial charge on any atom is -0.399 e. The van der Waals surface area contributed by atoms with Gasteiger partial charge in [-0.3, -0.25) is 0 Å². The average Bonchev–Trinajstić information content (AvgIpc) is 2.16. The Labute approximate surface area is 91.2 Å². The van der Waals surface area contributed by atoms with Crippen LogP contribution in [0.25, 0.3) is 0 Å². The molecule has 1 aromatic carbocycles. The van der Waals surface area contributed by atoms with E-state index in [1.807, 2.05) is 13.8 Å². The van der Waals surface area contributed by atoms with Gasteiger partial charge in [0.15, 0.2) is 9.84 Å². The molecule has 2 N–H and O–H groups in total. The third-order valence-corrected chi connectivity index (χ3v) is 3.97. The molecule has 0 aliphatic rings. The van der Waals surface area contributed by atoms with Crippen molar-refractivity contribution >= 4 is 15.5 Å². The predicted octanol–water partition coefficient (Wildman–Crippen LogP) is 2.09. The monoisotopic (exact) mass is 227 g/mol. The second-order valence-corrected chi connectivity index (χ2v) is 6.18. The first-order valence-corrected chi connectivity index (χ1v) is 6.65. The molecule has 0 aliphatic carbocycles. The maximum absolute atomic E-state index is 11.8. The van der Waals surface area contributed by atoms with Gasteiger partial charge in [0.25, 0.3) is 0 Å². The fourth-order valence-electron chi connectivity index (χ4n) is 1.18. The molecule has 0 saturated carbocycles. The largest absolute Gasteiger partial charge is 0.399 e. The standard InChI is InChI=1S/C11H17NO2S/c1-9(2)7-8-15(13,14)11-5-3-10(12)4-6-11/h3-6,9H,7-8,12H2,1-2H3. The average molecular weight is 227 g/mol. The Balaban J connectivity index is 2.82. The molecular weight excluding hydrogens is 210 g/mol. The fraction of sp³-hybridized carbons (Fsp3) is 0.455. The Hall–Kier alpha value is -1.03. The molecule has 0 saturated heterocycles. The van der Waals surface area contributed by atoms with Crippen LogP contribution in [0.1, 0.15) is 20.3 Å². The number of anilines is 1. The first-order chi connectivity index (χ1) is 6.92. The number of hydrogen-bond donors (Lipinski definition) is 1. The molecule has 0 unspecified atom stereocenters. The van der Waals surface area contributed by atoms with E-state index in [2.05, 4.69) is 0 Å². The summed E-state index contributed by atoms with van der Waals surface area (Å²) in [6, 6.07) is 6.35. The first kappa shape index (κ1) is 12.0. The molecular formula is C11H17NO2S. The van der Waals surface area contributed by atoms with Gasteiger partial charge in [-0.1, -0.05) is 13.8 Å². The van der Waals surface area contributed by atoms with Crippen LogP contribution in [0.15, 0.2) is 29.2 Å². The SMILES string of the molecule is CC(C)CCS(=O)(=O)c1ccc(N)cc1. The topological polar surface area (TPSA) is 60.2 Å². The first-order valence-electron chi connectivity index (χ1n) is 5.00. The highest BCUT2D eigenvalue weighted by molar-refractivity contribution is 7.91. The summed E-state index contributed by atoms with van der Waals surface area (Å²) in [5.41, 5.74) is 6.08. The van der Waals surface area contributed by atoms with Gasteiger partial charge in [-0.05, 0) is 36.6 Å². The molecule has 0 aliphatic heterocycles. The zero-order valence-electron chi connectivity index (χ0n) is 9.10. The van der Waals surface area contributed by atoms with Crippen LogP contribution in [0.5, 0.6) is 0 Å². The predicted molar refractivity (Wildman–Crippen MR) is 62.4 cm³/mol. The van der Waals surface area contributed by atoms with Crippen molar-refractivity contribution in [1.29, 1.82) is 0 Å². The summed E-state index contributed by atoms with van der Waals surface area (Å²) in [6.07, 6.45) is 0.687. The maximum Gasteiger partial charge on any atom is 0.178 e. The summed E-state index contributed by atoms with van der Waals surface area (Å²) in [4.78, 5) is 0.359. The molecule has 4 heteroatoms. The van der Waals surface area contributed by atoms with Crippen molar-refractivity contribution in [2.24, 2.45) is 5.92 Å². The van der Waals surface area contributed by atoms with E-state index < -0.39 is 9.84 Å². The molecule has 0 aromatic heterocycles. The van der Waals surface area contributed by atoms with Crippen LogP contribution in [0, 0.1) is 5.92 Å². The molecule has 0 fully saturated rings. The molecule has 1 aromatic rings. The number of hydrogen-bond acceptors (Lipinski definition) is 3. The minimum atomic E-state index is -3.13.